The second kappa shape index (κ2) is 5.51. The lowest BCUT2D eigenvalue weighted by Crippen LogP contribution is -2.24. The average molecular weight is 471 g/mol. The van der Waals surface area contributed by atoms with E-state index in [1.165, 1.54) is 12.7 Å². The van der Waals surface area contributed by atoms with Crippen molar-refractivity contribution in [3.8, 4) is 19.5 Å². The van der Waals surface area contributed by atoms with Gasteiger partial charge in [-0.1, -0.05) is 0 Å². The van der Waals surface area contributed by atoms with Crippen molar-refractivity contribution < 1.29 is 9.59 Å². The summed E-state index contributed by atoms with van der Waals surface area (Å²) in [5, 5.41) is 0. The molecule has 0 N–H and O–H groups in total. The molecule has 4 heterocycles. The van der Waals surface area contributed by atoms with Crippen LogP contribution in [0.25, 0.3) is 19.5 Å². The molecule has 3 aromatic rings. The van der Waals surface area contributed by atoms with Gasteiger partial charge in [-0.25, -0.2) is 0 Å². The van der Waals surface area contributed by atoms with Crippen molar-refractivity contribution in [2.45, 2.75) is 6.92 Å². The van der Waals surface area contributed by atoms with Gasteiger partial charge in [0.15, 0.2) is 0 Å². The van der Waals surface area contributed by atoms with Crippen molar-refractivity contribution in [1.82, 2.24) is 4.90 Å². The standard InChI is InChI=1S/C16H10INO2S3/c1-7-3-4-8(21-7)13-11-12(16(20)18(2)15(11)19)14(23-13)9-5-6-10(17)22-9/h3-6H,1-2H3. The van der Waals surface area contributed by atoms with Gasteiger partial charge in [-0.05, 0) is 53.8 Å². The highest BCUT2D eigenvalue weighted by Gasteiger charge is 2.40. The van der Waals surface area contributed by atoms with E-state index < -0.39 is 0 Å². The zero-order valence-electron chi connectivity index (χ0n) is 12.2. The number of aryl methyl sites for hydroxylation is 1. The monoisotopic (exact) mass is 471 g/mol. The molecule has 1 aliphatic heterocycles. The summed E-state index contributed by atoms with van der Waals surface area (Å²) in [7, 11) is 1.56. The average Bonchev–Trinajstić information content (AvgIpc) is 3.24. The van der Waals surface area contributed by atoms with Gasteiger partial charge < -0.3 is 0 Å². The summed E-state index contributed by atoms with van der Waals surface area (Å²) in [6, 6.07) is 8.14. The van der Waals surface area contributed by atoms with Crippen LogP contribution in [-0.4, -0.2) is 23.8 Å². The van der Waals surface area contributed by atoms with Crippen LogP contribution in [-0.2, 0) is 0 Å². The molecule has 0 fully saturated rings. The molecular formula is C16H10INO2S3. The molecule has 0 aromatic carbocycles. The summed E-state index contributed by atoms with van der Waals surface area (Å²) in [5.41, 5.74) is 1.14. The third-order valence-corrected chi connectivity index (χ3v) is 8.15. The minimum absolute atomic E-state index is 0.195. The topological polar surface area (TPSA) is 37.4 Å². The van der Waals surface area contributed by atoms with Gasteiger partial charge in [0.1, 0.15) is 0 Å². The summed E-state index contributed by atoms with van der Waals surface area (Å²) in [4.78, 5) is 31.5. The lowest BCUT2D eigenvalue weighted by molar-refractivity contribution is 0.0693. The Balaban J connectivity index is 2.01. The molecular weight excluding hydrogens is 461 g/mol. The summed E-state index contributed by atoms with van der Waals surface area (Å²) in [6.07, 6.45) is 0. The summed E-state index contributed by atoms with van der Waals surface area (Å²) < 4.78 is 1.17. The molecule has 0 radical (unpaired) electrons. The van der Waals surface area contributed by atoms with Gasteiger partial charge in [0.2, 0.25) is 0 Å². The number of fused-ring (bicyclic) bond motifs is 1. The SMILES string of the molecule is Cc1ccc(-c2sc(-c3ccc(I)s3)c3c2C(=O)N(C)C3=O)s1. The van der Waals surface area contributed by atoms with Crippen LogP contribution in [0.5, 0.6) is 0 Å². The van der Waals surface area contributed by atoms with Crippen LogP contribution in [0, 0.1) is 9.81 Å². The Kier molecular flexibility index (Phi) is 3.71. The fraction of sp³-hybridized carbons (Fsp3) is 0.125. The van der Waals surface area contributed by atoms with Crippen molar-refractivity contribution in [2.24, 2.45) is 0 Å². The molecule has 0 saturated heterocycles. The molecule has 3 aromatic heterocycles. The molecule has 3 nitrogen and oxygen atoms in total. The lowest BCUT2D eigenvalue weighted by Gasteiger charge is -2.06. The first-order valence-corrected chi connectivity index (χ1v) is 10.3. The first-order valence-electron chi connectivity index (χ1n) is 6.79. The quantitative estimate of drug-likeness (QED) is 0.374. The van der Waals surface area contributed by atoms with Gasteiger partial charge in [-0.2, -0.15) is 0 Å². The fourth-order valence-electron chi connectivity index (χ4n) is 2.61. The number of rotatable bonds is 2. The largest absolute Gasteiger partial charge is 0.277 e. The molecule has 1 aliphatic rings. The third kappa shape index (κ3) is 2.33. The minimum atomic E-state index is -0.195. The van der Waals surface area contributed by atoms with E-state index >= 15 is 0 Å². The Labute approximate surface area is 158 Å². The molecule has 0 atom stereocenters. The van der Waals surface area contributed by atoms with E-state index in [9.17, 15) is 9.59 Å². The number of nitrogens with zero attached hydrogens (tertiary/aromatic N) is 1. The summed E-state index contributed by atoms with van der Waals surface area (Å²) >= 11 is 7.13. The number of hydrogen-bond acceptors (Lipinski definition) is 5. The van der Waals surface area contributed by atoms with Gasteiger partial charge >= 0.3 is 0 Å². The summed E-state index contributed by atoms with van der Waals surface area (Å²) in [6.45, 7) is 2.05. The molecule has 0 aliphatic carbocycles. The van der Waals surface area contributed by atoms with Gasteiger partial charge in [-0.15, -0.1) is 34.0 Å². The molecule has 0 spiro atoms. The van der Waals surface area contributed by atoms with E-state index in [-0.39, 0.29) is 11.8 Å². The first kappa shape index (κ1) is 15.5. The van der Waals surface area contributed by atoms with E-state index in [1.807, 2.05) is 31.2 Å². The number of imide groups is 1. The van der Waals surface area contributed by atoms with E-state index in [2.05, 4.69) is 22.6 Å². The Hall–Kier alpha value is -1.03. The van der Waals surface area contributed by atoms with E-state index in [1.54, 1.807) is 41.1 Å². The van der Waals surface area contributed by atoms with Crippen LogP contribution in [0.3, 0.4) is 0 Å². The second-order valence-corrected chi connectivity index (χ2v) is 10.5. The molecule has 116 valence electrons. The predicted octanol–water partition coefficient (Wildman–Crippen LogP) is 5.34. The van der Waals surface area contributed by atoms with Crippen LogP contribution in [0.15, 0.2) is 24.3 Å². The molecule has 23 heavy (non-hydrogen) atoms. The smallest absolute Gasteiger partial charge is 0.262 e. The third-order valence-electron chi connectivity index (χ3n) is 3.71. The lowest BCUT2D eigenvalue weighted by atomic mass is 10.1. The van der Waals surface area contributed by atoms with Crippen molar-refractivity contribution in [2.75, 3.05) is 7.05 Å². The maximum Gasteiger partial charge on any atom is 0.262 e. The number of amides is 2. The fourth-order valence-corrected chi connectivity index (χ4v) is 6.61. The van der Waals surface area contributed by atoms with Crippen LogP contribution in [0.2, 0.25) is 0 Å². The van der Waals surface area contributed by atoms with Crippen molar-refractivity contribution >= 4 is 68.4 Å². The Morgan fingerprint density at radius 2 is 1.43 bits per heavy atom. The molecule has 2 amide bonds. The number of carbonyl (C=O) groups excluding carboxylic acids is 2. The molecule has 0 unspecified atom stereocenters. The van der Waals surface area contributed by atoms with E-state index in [0.717, 1.165) is 19.5 Å². The number of hydrogen-bond donors (Lipinski definition) is 0. The molecule has 4 rings (SSSR count). The maximum absolute atomic E-state index is 12.6. The minimum Gasteiger partial charge on any atom is -0.277 e. The van der Waals surface area contributed by atoms with Gasteiger partial charge in [-0.3, -0.25) is 14.5 Å². The molecule has 7 heteroatoms. The van der Waals surface area contributed by atoms with Crippen molar-refractivity contribution in [3.05, 3.63) is 43.2 Å². The van der Waals surface area contributed by atoms with E-state index in [0.29, 0.717) is 11.1 Å². The predicted molar refractivity (Wildman–Crippen MR) is 105 cm³/mol. The highest BCUT2D eigenvalue weighted by atomic mass is 127. The zero-order valence-corrected chi connectivity index (χ0v) is 16.8. The van der Waals surface area contributed by atoms with Crippen LogP contribution in [0.1, 0.15) is 25.6 Å². The Morgan fingerprint density at radius 1 is 0.870 bits per heavy atom. The highest BCUT2D eigenvalue weighted by molar-refractivity contribution is 14.1. The van der Waals surface area contributed by atoms with Gasteiger partial charge in [0.05, 0.1) is 23.8 Å². The van der Waals surface area contributed by atoms with Crippen molar-refractivity contribution in [1.29, 1.82) is 0 Å². The number of carbonyl (C=O) groups is 2. The molecule has 0 bridgehead atoms. The van der Waals surface area contributed by atoms with E-state index in [4.69, 9.17) is 0 Å². The number of thiophene rings is 3. The van der Waals surface area contributed by atoms with Crippen LogP contribution < -0.4 is 0 Å². The summed E-state index contributed by atoms with van der Waals surface area (Å²) in [5.74, 6) is -0.390. The van der Waals surface area contributed by atoms with Gasteiger partial charge in [0.25, 0.3) is 11.8 Å². The second-order valence-electron chi connectivity index (χ2n) is 5.19. The highest BCUT2D eigenvalue weighted by Crippen LogP contribution is 2.48. The normalized spacial score (nSPS) is 14.0. The maximum atomic E-state index is 12.6. The van der Waals surface area contributed by atoms with Crippen LogP contribution >= 0.6 is 56.6 Å². The first-order chi connectivity index (χ1) is 11.0. The van der Waals surface area contributed by atoms with Gasteiger partial charge in [0, 0.05) is 21.7 Å². The molecule has 0 saturated carbocycles. The Bertz CT molecular complexity index is 891. The zero-order chi connectivity index (χ0) is 16.3. The van der Waals surface area contributed by atoms with Crippen molar-refractivity contribution in [3.63, 3.8) is 0 Å². The Morgan fingerprint density at radius 3 is 1.91 bits per heavy atom. The van der Waals surface area contributed by atoms with Crippen LogP contribution in [0.4, 0.5) is 0 Å². The number of halogens is 1.